The predicted molar refractivity (Wildman–Crippen MR) is 85.4 cm³/mol. The van der Waals surface area contributed by atoms with Crippen molar-refractivity contribution in [2.24, 2.45) is 0 Å². The highest BCUT2D eigenvalue weighted by Crippen LogP contribution is 2.35. The van der Waals surface area contributed by atoms with Crippen LogP contribution in [-0.4, -0.2) is 21.4 Å². The van der Waals surface area contributed by atoms with Crippen LogP contribution in [-0.2, 0) is 25.7 Å². The number of pyridine rings is 1. The molecule has 1 aromatic carbocycles. The van der Waals surface area contributed by atoms with Gasteiger partial charge in [0.1, 0.15) is 0 Å². The smallest absolute Gasteiger partial charge is 0.360 e. The highest BCUT2D eigenvalue weighted by molar-refractivity contribution is 5.82. The largest absolute Gasteiger partial charge is 0.416 e. The Morgan fingerprint density at radius 1 is 1.21 bits per heavy atom. The molecule has 4 rings (SSSR count). The lowest BCUT2D eigenvalue weighted by Crippen LogP contribution is -2.31. The summed E-state index contributed by atoms with van der Waals surface area (Å²) in [6.07, 6.45) is 1.63. The molecule has 3 aromatic rings. The van der Waals surface area contributed by atoms with Gasteiger partial charge in [-0.25, -0.2) is 0 Å². The van der Waals surface area contributed by atoms with Gasteiger partial charge in [0, 0.05) is 37.4 Å². The zero-order chi connectivity index (χ0) is 16.7. The molecule has 0 saturated heterocycles. The minimum absolute atomic E-state index is 0.426. The van der Waals surface area contributed by atoms with Crippen molar-refractivity contribution in [3.8, 4) is 0 Å². The fourth-order valence-electron chi connectivity index (χ4n) is 3.47. The maximum Gasteiger partial charge on any atom is 0.416 e. The molecule has 1 aliphatic heterocycles. The van der Waals surface area contributed by atoms with Crippen LogP contribution in [0.1, 0.15) is 22.3 Å². The summed E-state index contributed by atoms with van der Waals surface area (Å²) in [5.41, 5.74) is 2.85. The van der Waals surface area contributed by atoms with Crippen molar-refractivity contribution in [3.05, 3.63) is 65.1 Å². The van der Waals surface area contributed by atoms with E-state index in [1.165, 1.54) is 12.1 Å². The number of rotatable bonds is 2. The second-order valence-electron chi connectivity index (χ2n) is 6.14. The minimum Gasteiger partial charge on any atom is -0.360 e. The lowest BCUT2D eigenvalue weighted by atomic mass is 9.94. The van der Waals surface area contributed by atoms with Crippen molar-refractivity contribution in [2.45, 2.75) is 25.7 Å². The van der Waals surface area contributed by atoms with Gasteiger partial charge in [-0.2, -0.15) is 13.2 Å². The average Bonchev–Trinajstić information content (AvgIpc) is 2.96. The molecular weight excluding hydrogens is 315 g/mol. The number of halogens is 3. The van der Waals surface area contributed by atoms with Gasteiger partial charge in [0.15, 0.2) is 0 Å². The summed E-state index contributed by atoms with van der Waals surface area (Å²) < 4.78 is 39.4. The molecule has 1 N–H and O–H groups in total. The van der Waals surface area contributed by atoms with E-state index in [0.717, 1.165) is 22.0 Å². The summed E-state index contributed by atoms with van der Waals surface area (Å²) >= 11 is 0. The van der Waals surface area contributed by atoms with E-state index < -0.39 is 11.7 Å². The topological polar surface area (TPSA) is 31.9 Å². The Morgan fingerprint density at radius 2 is 2.08 bits per heavy atom. The molecule has 0 fully saturated rings. The zero-order valence-electron chi connectivity index (χ0n) is 12.9. The highest BCUT2D eigenvalue weighted by atomic mass is 19.4. The van der Waals surface area contributed by atoms with Gasteiger partial charge in [0.05, 0.1) is 17.3 Å². The number of fused-ring (bicyclic) bond motifs is 2. The second-order valence-corrected chi connectivity index (χ2v) is 6.14. The number of H-pyrrole nitrogens is 1. The van der Waals surface area contributed by atoms with Crippen LogP contribution in [0.25, 0.3) is 10.9 Å². The first-order chi connectivity index (χ1) is 11.5. The van der Waals surface area contributed by atoms with Crippen LogP contribution >= 0.6 is 0 Å². The molecule has 6 heteroatoms. The third kappa shape index (κ3) is 2.67. The molecule has 0 unspecified atom stereocenters. The van der Waals surface area contributed by atoms with Crippen molar-refractivity contribution in [2.75, 3.05) is 6.54 Å². The summed E-state index contributed by atoms with van der Waals surface area (Å²) in [7, 11) is 0. The molecule has 0 atom stereocenters. The van der Waals surface area contributed by atoms with Gasteiger partial charge in [-0.3, -0.25) is 9.88 Å². The molecule has 3 heterocycles. The van der Waals surface area contributed by atoms with Gasteiger partial charge in [-0.15, -0.1) is 0 Å². The van der Waals surface area contributed by atoms with Crippen LogP contribution in [0.5, 0.6) is 0 Å². The van der Waals surface area contributed by atoms with Gasteiger partial charge in [-0.05, 0) is 35.2 Å². The zero-order valence-corrected chi connectivity index (χ0v) is 12.9. The summed E-state index contributed by atoms with van der Waals surface area (Å²) in [6, 6.07) is 6.44. The molecule has 2 aromatic heterocycles. The van der Waals surface area contributed by atoms with Gasteiger partial charge in [0.2, 0.25) is 0 Å². The van der Waals surface area contributed by atoms with E-state index in [2.05, 4.69) is 14.9 Å². The Morgan fingerprint density at radius 3 is 2.92 bits per heavy atom. The van der Waals surface area contributed by atoms with E-state index in [0.29, 0.717) is 31.6 Å². The van der Waals surface area contributed by atoms with Crippen LogP contribution in [0.4, 0.5) is 13.2 Å². The molecule has 0 radical (unpaired) electrons. The van der Waals surface area contributed by atoms with Crippen molar-refractivity contribution >= 4 is 10.9 Å². The Bertz CT molecular complexity index is 883. The maximum absolute atomic E-state index is 13.1. The summed E-state index contributed by atoms with van der Waals surface area (Å²) in [5.74, 6) is 0. The number of nitrogens with one attached hydrogen (secondary N) is 1. The van der Waals surface area contributed by atoms with Crippen LogP contribution in [0.2, 0.25) is 0 Å². The quantitative estimate of drug-likeness (QED) is 0.765. The third-order valence-electron chi connectivity index (χ3n) is 4.61. The van der Waals surface area contributed by atoms with Crippen LogP contribution in [0.3, 0.4) is 0 Å². The number of nitrogens with zero attached hydrogens (tertiary/aromatic N) is 2. The highest BCUT2D eigenvalue weighted by Gasteiger charge is 2.35. The fourth-order valence-corrected chi connectivity index (χ4v) is 3.47. The summed E-state index contributed by atoms with van der Waals surface area (Å²) in [4.78, 5) is 9.46. The van der Waals surface area contributed by atoms with Crippen molar-refractivity contribution < 1.29 is 13.2 Å². The second kappa shape index (κ2) is 5.63. The number of hydrogen-bond acceptors (Lipinski definition) is 2. The number of aromatic amines is 1. The van der Waals surface area contributed by atoms with E-state index in [4.69, 9.17) is 0 Å². The molecule has 0 spiro atoms. The molecule has 3 nitrogen and oxygen atoms in total. The minimum atomic E-state index is -4.28. The number of benzene rings is 1. The SMILES string of the molecule is FC(F)(F)c1cccc2c1CCN(Cc1c[nH]c3cnccc13)C2. The third-order valence-corrected chi connectivity index (χ3v) is 4.61. The van der Waals surface area contributed by atoms with E-state index in [1.807, 2.05) is 12.3 Å². The molecule has 24 heavy (non-hydrogen) atoms. The van der Waals surface area contributed by atoms with Crippen LogP contribution in [0, 0.1) is 0 Å². The van der Waals surface area contributed by atoms with Crippen LogP contribution in [0.15, 0.2) is 42.9 Å². The van der Waals surface area contributed by atoms with Gasteiger partial charge >= 0.3 is 6.18 Å². The number of hydrogen-bond donors (Lipinski definition) is 1. The Kier molecular flexibility index (Phi) is 3.57. The molecular formula is C18H16F3N3. The summed E-state index contributed by atoms with van der Waals surface area (Å²) in [6.45, 7) is 1.87. The Labute approximate surface area is 137 Å². The summed E-state index contributed by atoms with van der Waals surface area (Å²) in [5, 5.41) is 1.11. The van der Waals surface area contributed by atoms with Gasteiger partial charge < -0.3 is 4.98 Å². The van der Waals surface area contributed by atoms with E-state index in [9.17, 15) is 13.2 Å². The molecule has 0 saturated carbocycles. The molecule has 0 bridgehead atoms. The first-order valence-electron chi connectivity index (χ1n) is 7.82. The van der Waals surface area contributed by atoms with E-state index in [-0.39, 0.29) is 0 Å². The first-order valence-corrected chi connectivity index (χ1v) is 7.82. The average molecular weight is 331 g/mol. The predicted octanol–water partition coefficient (Wildman–Crippen LogP) is 4.14. The molecule has 1 aliphatic rings. The monoisotopic (exact) mass is 331 g/mol. The fraction of sp³-hybridized carbons (Fsp3) is 0.278. The number of aromatic nitrogens is 2. The standard InChI is InChI=1S/C18H16F3N3/c19-18(20,21)16-3-1-2-12-10-24(7-5-14(12)16)11-13-8-23-17-9-22-6-4-15(13)17/h1-4,6,8-9,23H,5,7,10-11H2. The van der Waals surface area contributed by atoms with E-state index in [1.54, 1.807) is 18.5 Å². The van der Waals surface area contributed by atoms with Crippen molar-refractivity contribution in [1.82, 2.24) is 14.9 Å². The number of alkyl halides is 3. The van der Waals surface area contributed by atoms with Crippen molar-refractivity contribution in [1.29, 1.82) is 0 Å². The molecule has 124 valence electrons. The molecule has 0 aliphatic carbocycles. The van der Waals surface area contributed by atoms with Crippen LogP contribution < -0.4 is 0 Å². The lowest BCUT2D eigenvalue weighted by Gasteiger charge is -2.30. The Balaban J connectivity index is 1.59. The molecule has 0 amide bonds. The van der Waals surface area contributed by atoms with E-state index >= 15 is 0 Å². The normalized spacial score (nSPS) is 15.6. The van der Waals surface area contributed by atoms with Gasteiger partial charge in [-0.1, -0.05) is 12.1 Å². The maximum atomic E-state index is 13.1. The Hall–Kier alpha value is -2.34. The van der Waals surface area contributed by atoms with Crippen molar-refractivity contribution in [3.63, 3.8) is 0 Å². The van der Waals surface area contributed by atoms with Gasteiger partial charge in [0.25, 0.3) is 0 Å². The lowest BCUT2D eigenvalue weighted by molar-refractivity contribution is -0.138. The first kappa shape index (κ1) is 15.2.